The fraction of sp³-hybridized carbons (Fsp3) is 0.333. The topological polar surface area (TPSA) is 123 Å². The highest BCUT2D eigenvalue weighted by atomic mass is 32.2. The van der Waals surface area contributed by atoms with Crippen LogP contribution in [0.25, 0.3) is 11.0 Å². The summed E-state index contributed by atoms with van der Waals surface area (Å²) in [5.41, 5.74) is -0.161. The normalized spacial score (nSPS) is 22.4. The van der Waals surface area contributed by atoms with Crippen molar-refractivity contribution >= 4 is 26.7 Å². The van der Waals surface area contributed by atoms with Gasteiger partial charge in [0.15, 0.2) is 16.4 Å². The SMILES string of the molecule is O=C(COc1ccc2ccc(=O)oc2c1)N[C@H]1CS(=O)(=O)C[C@@H]1O. The number of benzene rings is 1. The molecule has 0 spiro atoms. The molecular formula is C15H15NO7S. The molecule has 2 atom stereocenters. The van der Waals surface area contributed by atoms with E-state index in [1.54, 1.807) is 18.2 Å². The van der Waals surface area contributed by atoms with Crippen molar-refractivity contribution in [1.82, 2.24) is 5.32 Å². The minimum absolute atomic E-state index is 0.291. The number of amides is 1. The molecule has 0 saturated carbocycles. The number of hydrogen-bond donors (Lipinski definition) is 2. The maximum absolute atomic E-state index is 11.8. The Balaban J connectivity index is 1.61. The number of aliphatic hydroxyl groups excluding tert-OH is 1. The molecule has 1 aromatic carbocycles. The lowest BCUT2D eigenvalue weighted by molar-refractivity contribution is -0.124. The number of nitrogens with one attached hydrogen (secondary N) is 1. The summed E-state index contributed by atoms with van der Waals surface area (Å²) in [5, 5.41) is 12.8. The maximum Gasteiger partial charge on any atom is 0.336 e. The van der Waals surface area contributed by atoms with Gasteiger partial charge in [-0.05, 0) is 18.2 Å². The maximum atomic E-state index is 11.8. The van der Waals surface area contributed by atoms with Crippen molar-refractivity contribution in [3.05, 3.63) is 40.8 Å². The van der Waals surface area contributed by atoms with Crippen LogP contribution in [0.5, 0.6) is 5.75 Å². The standard InChI is InChI=1S/C15H15NO7S/c17-12-8-24(20,21)7-11(12)16-14(18)6-22-10-3-1-9-2-4-15(19)23-13(9)5-10/h1-5,11-12,17H,6-8H2,(H,16,18)/t11-,12-/m0/s1. The summed E-state index contributed by atoms with van der Waals surface area (Å²) in [4.78, 5) is 23.0. The molecular weight excluding hydrogens is 338 g/mol. The number of ether oxygens (including phenoxy) is 1. The van der Waals surface area contributed by atoms with Gasteiger partial charge in [-0.2, -0.15) is 0 Å². The lowest BCUT2D eigenvalue weighted by Crippen LogP contribution is -2.44. The second-order valence-electron chi connectivity index (χ2n) is 5.56. The first kappa shape index (κ1) is 16.5. The molecule has 8 nitrogen and oxygen atoms in total. The molecule has 0 aliphatic carbocycles. The van der Waals surface area contributed by atoms with Crippen molar-refractivity contribution in [3.8, 4) is 5.75 Å². The van der Waals surface area contributed by atoms with Gasteiger partial charge < -0.3 is 19.6 Å². The van der Waals surface area contributed by atoms with Crippen LogP contribution in [0.4, 0.5) is 0 Å². The van der Waals surface area contributed by atoms with Gasteiger partial charge in [0.2, 0.25) is 0 Å². The van der Waals surface area contributed by atoms with Gasteiger partial charge in [0, 0.05) is 17.5 Å². The summed E-state index contributed by atoms with van der Waals surface area (Å²) in [6, 6.07) is 6.86. The van der Waals surface area contributed by atoms with Crippen molar-refractivity contribution in [3.63, 3.8) is 0 Å². The fourth-order valence-electron chi connectivity index (χ4n) is 2.49. The lowest BCUT2D eigenvalue weighted by atomic mass is 10.2. The van der Waals surface area contributed by atoms with Crippen LogP contribution in [-0.2, 0) is 14.6 Å². The first-order chi connectivity index (χ1) is 11.3. The highest BCUT2D eigenvalue weighted by Crippen LogP contribution is 2.19. The number of aliphatic hydroxyl groups is 1. The number of sulfone groups is 1. The Morgan fingerprint density at radius 1 is 1.29 bits per heavy atom. The molecule has 1 amide bonds. The summed E-state index contributed by atoms with van der Waals surface area (Å²) in [7, 11) is -3.33. The third-order valence-electron chi connectivity index (χ3n) is 3.63. The lowest BCUT2D eigenvalue weighted by Gasteiger charge is -2.15. The first-order valence-corrected chi connectivity index (χ1v) is 8.99. The third-order valence-corrected chi connectivity index (χ3v) is 5.35. The van der Waals surface area contributed by atoms with E-state index < -0.39 is 33.5 Å². The molecule has 0 bridgehead atoms. The van der Waals surface area contributed by atoms with Crippen molar-refractivity contribution in [1.29, 1.82) is 0 Å². The van der Waals surface area contributed by atoms with Gasteiger partial charge in [-0.15, -0.1) is 0 Å². The molecule has 2 N–H and O–H groups in total. The van der Waals surface area contributed by atoms with Crippen LogP contribution in [0.3, 0.4) is 0 Å². The molecule has 2 aromatic rings. The zero-order valence-corrected chi connectivity index (χ0v) is 13.3. The van der Waals surface area contributed by atoms with Crippen LogP contribution < -0.4 is 15.7 Å². The molecule has 128 valence electrons. The van der Waals surface area contributed by atoms with Gasteiger partial charge in [-0.3, -0.25) is 4.79 Å². The van der Waals surface area contributed by atoms with E-state index >= 15 is 0 Å². The van der Waals surface area contributed by atoms with Crippen LogP contribution in [0.15, 0.2) is 39.5 Å². The van der Waals surface area contributed by atoms with Gasteiger partial charge in [-0.25, -0.2) is 13.2 Å². The van der Waals surface area contributed by atoms with Crippen molar-refractivity contribution in [2.45, 2.75) is 12.1 Å². The summed E-state index contributed by atoms with van der Waals surface area (Å²) in [6.45, 7) is -0.355. The molecule has 9 heteroatoms. The van der Waals surface area contributed by atoms with Crippen LogP contribution in [0, 0.1) is 0 Å². The van der Waals surface area contributed by atoms with Gasteiger partial charge in [0.05, 0.1) is 23.7 Å². The van der Waals surface area contributed by atoms with E-state index in [4.69, 9.17) is 9.15 Å². The average molecular weight is 353 g/mol. The molecule has 0 radical (unpaired) electrons. The second kappa shape index (κ2) is 6.25. The van der Waals surface area contributed by atoms with E-state index in [1.165, 1.54) is 12.1 Å². The number of hydrogen-bond acceptors (Lipinski definition) is 7. The number of rotatable bonds is 4. The van der Waals surface area contributed by atoms with Crippen molar-refractivity contribution < 1.29 is 27.5 Å². The van der Waals surface area contributed by atoms with Gasteiger partial charge in [0.25, 0.3) is 5.91 Å². The van der Waals surface area contributed by atoms with E-state index in [9.17, 15) is 23.1 Å². The predicted octanol–water partition coefficient (Wildman–Crippen LogP) is -0.554. The van der Waals surface area contributed by atoms with E-state index in [-0.39, 0.29) is 18.1 Å². The van der Waals surface area contributed by atoms with E-state index in [2.05, 4.69) is 5.32 Å². The molecule has 24 heavy (non-hydrogen) atoms. The van der Waals surface area contributed by atoms with E-state index in [0.717, 1.165) is 0 Å². The Morgan fingerprint density at radius 3 is 2.75 bits per heavy atom. The summed E-state index contributed by atoms with van der Waals surface area (Å²) < 4.78 is 33.1. The summed E-state index contributed by atoms with van der Waals surface area (Å²) >= 11 is 0. The fourth-order valence-corrected chi connectivity index (χ4v) is 4.24. The van der Waals surface area contributed by atoms with Gasteiger partial charge >= 0.3 is 5.63 Å². The molecule has 1 saturated heterocycles. The minimum atomic E-state index is -3.33. The Labute approximate surface area is 137 Å². The zero-order chi connectivity index (χ0) is 17.3. The smallest absolute Gasteiger partial charge is 0.336 e. The van der Waals surface area contributed by atoms with Crippen molar-refractivity contribution in [2.75, 3.05) is 18.1 Å². The zero-order valence-electron chi connectivity index (χ0n) is 12.5. The molecule has 2 heterocycles. The third kappa shape index (κ3) is 3.74. The Bertz CT molecular complexity index is 934. The van der Waals surface area contributed by atoms with Gasteiger partial charge in [0.1, 0.15) is 11.3 Å². The second-order valence-corrected chi connectivity index (χ2v) is 7.71. The summed E-state index contributed by atoms with van der Waals surface area (Å²) in [6.07, 6.45) is -1.12. The highest BCUT2D eigenvalue weighted by Gasteiger charge is 2.37. The molecule has 1 aliphatic heterocycles. The van der Waals surface area contributed by atoms with Crippen molar-refractivity contribution in [2.24, 2.45) is 0 Å². The van der Waals surface area contributed by atoms with Crippen LogP contribution in [0.2, 0.25) is 0 Å². The Morgan fingerprint density at radius 2 is 2.04 bits per heavy atom. The monoisotopic (exact) mass is 353 g/mol. The Hall–Kier alpha value is -2.39. The van der Waals surface area contributed by atoms with E-state index in [1.807, 2.05) is 0 Å². The molecule has 1 fully saturated rings. The molecule has 3 rings (SSSR count). The minimum Gasteiger partial charge on any atom is -0.484 e. The number of fused-ring (bicyclic) bond motifs is 1. The van der Waals surface area contributed by atoms with Crippen LogP contribution in [0.1, 0.15) is 0 Å². The molecule has 1 aromatic heterocycles. The predicted molar refractivity (Wildman–Crippen MR) is 84.6 cm³/mol. The summed E-state index contributed by atoms with van der Waals surface area (Å²) in [5.74, 6) is -0.874. The van der Waals surface area contributed by atoms with Gasteiger partial charge in [-0.1, -0.05) is 0 Å². The largest absolute Gasteiger partial charge is 0.484 e. The number of carbonyl (C=O) groups is 1. The van der Waals surface area contributed by atoms with Crippen LogP contribution >= 0.6 is 0 Å². The van der Waals surface area contributed by atoms with Crippen LogP contribution in [-0.4, -0.2) is 49.7 Å². The van der Waals surface area contributed by atoms with E-state index in [0.29, 0.717) is 16.7 Å². The quantitative estimate of drug-likeness (QED) is 0.707. The first-order valence-electron chi connectivity index (χ1n) is 7.17. The highest BCUT2D eigenvalue weighted by molar-refractivity contribution is 7.91. The average Bonchev–Trinajstić information content (AvgIpc) is 2.76. The Kier molecular flexibility index (Phi) is 4.29. The number of carbonyl (C=O) groups excluding carboxylic acids is 1. The molecule has 1 aliphatic rings. The molecule has 0 unspecified atom stereocenters.